The van der Waals surface area contributed by atoms with Crippen molar-refractivity contribution in [1.29, 1.82) is 0 Å². The second-order valence-corrected chi connectivity index (χ2v) is 6.34. The van der Waals surface area contributed by atoms with E-state index in [-0.39, 0.29) is 18.6 Å². The molecule has 1 saturated carbocycles. The summed E-state index contributed by atoms with van der Waals surface area (Å²) in [6.07, 6.45) is 6.13. The van der Waals surface area contributed by atoms with Gasteiger partial charge in [-0.3, -0.25) is 9.78 Å². The summed E-state index contributed by atoms with van der Waals surface area (Å²) in [4.78, 5) is 16.6. The van der Waals surface area contributed by atoms with E-state index in [2.05, 4.69) is 10.3 Å². The molecule has 120 valence electrons. The number of halogens is 1. The number of hydrogen-bond acceptors (Lipinski definition) is 3. The minimum atomic E-state index is -0.140. The van der Waals surface area contributed by atoms with Crippen LogP contribution in [-0.2, 0) is 0 Å². The van der Waals surface area contributed by atoms with Gasteiger partial charge >= 0.3 is 0 Å². The third-order valence-electron chi connectivity index (χ3n) is 4.13. The van der Waals surface area contributed by atoms with Crippen molar-refractivity contribution in [2.24, 2.45) is 5.92 Å². The number of aliphatic hydroxyl groups is 1. The number of nitrogens with zero attached hydrogens (tertiary/aromatic N) is 1. The van der Waals surface area contributed by atoms with Gasteiger partial charge in [0.15, 0.2) is 0 Å². The second-order valence-electron chi connectivity index (χ2n) is 5.90. The fourth-order valence-corrected chi connectivity index (χ4v) is 2.81. The van der Waals surface area contributed by atoms with Crippen molar-refractivity contribution in [2.45, 2.75) is 25.3 Å². The first-order chi connectivity index (χ1) is 11.2. The summed E-state index contributed by atoms with van der Waals surface area (Å²) in [6, 6.07) is 9.31. The van der Waals surface area contributed by atoms with Gasteiger partial charge in [-0.25, -0.2) is 0 Å². The van der Waals surface area contributed by atoms with Crippen molar-refractivity contribution in [3.05, 3.63) is 53.3 Å². The number of benzene rings is 1. The molecule has 4 nitrogen and oxygen atoms in total. The summed E-state index contributed by atoms with van der Waals surface area (Å²) >= 11 is 5.90. The van der Waals surface area contributed by atoms with Gasteiger partial charge in [-0.05, 0) is 48.9 Å². The van der Waals surface area contributed by atoms with Crippen molar-refractivity contribution >= 4 is 17.5 Å². The number of aromatic nitrogens is 1. The maximum Gasteiger partial charge on any atom is 0.253 e. The standard InChI is InChI=1S/C18H19ClN2O2/c19-16-5-3-12(4-6-16)14-9-15(11-20-10-14)18(23)21-17(7-8-22)13-1-2-13/h3-6,9-11,13,17,22H,1-2,7-8H2,(H,21,23). The molecule has 2 aromatic rings. The molecule has 0 saturated heterocycles. The van der Waals surface area contributed by atoms with E-state index >= 15 is 0 Å². The Morgan fingerprint density at radius 3 is 2.65 bits per heavy atom. The third kappa shape index (κ3) is 4.09. The molecule has 1 amide bonds. The van der Waals surface area contributed by atoms with E-state index in [1.165, 1.54) is 0 Å². The van der Waals surface area contributed by atoms with Gasteiger partial charge in [-0.2, -0.15) is 0 Å². The Kier molecular flexibility index (Phi) is 4.94. The van der Waals surface area contributed by atoms with Crippen LogP contribution in [-0.4, -0.2) is 28.6 Å². The molecular formula is C18H19ClN2O2. The average molecular weight is 331 g/mol. The highest BCUT2D eigenvalue weighted by molar-refractivity contribution is 6.30. The molecule has 2 N–H and O–H groups in total. The molecule has 23 heavy (non-hydrogen) atoms. The lowest BCUT2D eigenvalue weighted by Crippen LogP contribution is -2.37. The van der Waals surface area contributed by atoms with Gasteiger partial charge in [0.25, 0.3) is 5.91 Å². The van der Waals surface area contributed by atoms with E-state index in [9.17, 15) is 4.79 Å². The molecule has 1 unspecified atom stereocenters. The van der Waals surface area contributed by atoms with E-state index in [0.717, 1.165) is 24.0 Å². The van der Waals surface area contributed by atoms with Crippen LogP contribution < -0.4 is 5.32 Å². The summed E-state index contributed by atoms with van der Waals surface area (Å²) in [6.45, 7) is 0.0878. The van der Waals surface area contributed by atoms with Gasteiger partial charge in [0.1, 0.15) is 0 Å². The predicted molar refractivity (Wildman–Crippen MR) is 90.4 cm³/mol. The molecule has 1 fully saturated rings. The Morgan fingerprint density at radius 2 is 2.00 bits per heavy atom. The van der Waals surface area contributed by atoms with E-state index in [0.29, 0.717) is 22.9 Å². The smallest absolute Gasteiger partial charge is 0.253 e. The van der Waals surface area contributed by atoms with Crippen molar-refractivity contribution in [1.82, 2.24) is 10.3 Å². The lowest BCUT2D eigenvalue weighted by molar-refractivity contribution is 0.0924. The average Bonchev–Trinajstić information content (AvgIpc) is 3.40. The minimum Gasteiger partial charge on any atom is -0.396 e. The van der Waals surface area contributed by atoms with Gasteiger partial charge in [0.2, 0.25) is 0 Å². The van der Waals surface area contributed by atoms with Crippen LogP contribution in [0.15, 0.2) is 42.7 Å². The third-order valence-corrected chi connectivity index (χ3v) is 4.38. The Balaban J connectivity index is 1.76. The van der Waals surface area contributed by atoms with E-state index < -0.39 is 0 Å². The second kappa shape index (κ2) is 7.11. The maximum absolute atomic E-state index is 12.4. The van der Waals surface area contributed by atoms with Crippen LogP contribution in [0, 0.1) is 5.92 Å². The molecule has 1 atom stereocenters. The number of amides is 1. The molecule has 0 radical (unpaired) electrons. The number of rotatable bonds is 6. The quantitative estimate of drug-likeness (QED) is 0.854. The Bertz CT molecular complexity index is 684. The summed E-state index contributed by atoms with van der Waals surface area (Å²) in [7, 11) is 0. The normalized spacial score (nSPS) is 15.2. The first-order valence-corrected chi connectivity index (χ1v) is 8.18. The maximum atomic E-state index is 12.4. The van der Waals surface area contributed by atoms with Crippen LogP contribution in [0.5, 0.6) is 0 Å². The zero-order chi connectivity index (χ0) is 16.2. The van der Waals surface area contributed by atoms with E-state index in [1.807, 2.05) is 30.3 Å². The summed E-state index contributed by atoms with van der Waals surface area (Å²) < 4.78 is 0. The van der Waals surface area contributed by atoms with Crippen LogP contribution in [0.1, 0.15) is 29.6 Å². The number of nitrogens with one attached hydrogen (secondary N) is 1. The fourth-order valence-electron chi connectivity index (χ4n) is 2.68. The van der Waals surface area contributed by atoms with Crippen molar-refractivity contribution in [2.75, 3.05) is 6.61 Å². The Morgan fingerprint density at radius 1 is 1.26 bits per heavy atom. The van der Waals surface area contributed by atoms with E-state index in [1.54, 1.807) is 12.4 Å². The monoisotopic (exact) mass is 330 g/mol. The highest BCUT2D eigenvalue weighted by atomic mass is 35.5. The van der Waals surface area contributed by atoms with Crippen molar-refractivity contribution in [3.8, 4) is 11.1 Å². The molecule has 3 rings (SSSR count). The molecule has 0 aliphatic heterocycles. The van der Waals surface area contributed by atoms with Crippen LogP contribution in [0.25, 0.3) is 11.1 Å². The molecule has 1 aromatic carbocycles. The largest absolute Gasteiger partial charge is 0.396 e. The van der Waals surface area contributed by atoms with Crippen LogP contribution in [0.2, 0.25) is 5.02 Å². The van der Waals surface area contributed by atoms with Crippen molar-refractivity contribution < 1.29 is 9.90 Å². The van der Waals surface area contributed by atoms with Gasteiger partial charge < -0.3 is 10.4 Å². The lowest BCUT2D eigenvalue weighted by Gasteiger charge is -2.17. The van der Waals surface area contributed by atoms with Gasteiger partial charge in [0.05, 0.1) is 5.56 Å². The molecular weight excluding hydrogens is 312 g/mol. The summed E-state index contributed by atoms with van der Waals surface area (Å²) in [5.74, 6) is 0.358. The molecule has 1 aliphatic rings. The number of carbonyl (C=O) groups excluding carboxylic acids is 1. The lowest BCUT2D eigenvalue weighted by atomic mass is 10.0. The molecule has 0 bridgehead atoms. The number of aliphatic hydroxyl groups excluding tert-OH is 1. The van der Waals surface area contributed by atoms with Crippen LogP contribution in [0.3, 0.4) is 0 Å². The predicted octanol–water partition coefficient (Wildman–Crippen LogP) is 3.29. The minimum absolute atomic E-state index is 0.0479. The van der Waals surface area contributed by atoms with Crippen molar-refractivity contribution in [3.63, 3.8) is 0 Å². The molecule has 0 spiro atoms. The highest BCUT2D eigenvalue weighted by Crippen LogP contribution is 2.34. The topological polar surface area (TPSA) is 62.2 Å². The zero-order valence-corrected chi connectivity index (χ0v) is 13.5. The number of carbonyl (C=O) groups is 1. The van der Waals surface area contributed by atoms with E-state index in [4.69, 9.17) is 16.7 Å². The summed E-state index contributed by atoms with van der Waals surface area (Å²) in [5.41, 5.74) is 2.37. The van der Waals surface area contributed by atoms with Gasteiger partial charge in [0, 0.05) is 35.6 Å². The summed E-state index contributed by atoms with van der Waals surface area (Å²) in [5, 5.41) is 12.8. The first kappa shape index (κ1) is 16.0. The van der Waals surface area contributed by atoms with Gasteiger partial charge in [-0.1, -0.05) is 23.7 Å². The number of pyridine rings is 1. The molecule has 1 aliphatic carbocycles. The van der Waals surface area contributed by atoms with Gasteiger partial charge in [-0.15, -0.1) is 0 Å². The molecule has 1 heterocycles. The first-order valence-electron chi connectivity index (χ1n) is 7.80. The number of hydrogen-bond donors (Lipinski definition) is 2. The highest BCUT2D eigenvalue weighted by Gasteiger charge is 2.32. The fraction of sp³-hybridized carbons (Fsp3) is 0.333. The molecule has 5 heteroatoms. The molecule has 1 aromatic heterocycles. The Hall–Kier alpha value is -1.91. The zero-order valence-electron chi connectivity index (χ0n) is 12.7. The van der Waals surface area contributed by atoms with Crippen LogP contribution >= 0.6 is 11.6 Å². The Labute approximate surface area is 140 Å². The van der Waals surface area contributed by atoms with Crippen LogP contribution in [0.4, 0.5) is 0 Å². The SMILES string of the molecule is O=C(NC(CCO)C1CC1)c1cncc(-c2ccc(Cl)cc2)c1.